The molecule has 0 aliphatic carbocycles. The maximum atomic E-state index is 14.9. The molecule has 0 bridgehead atoms. The van der Waals surface area contributed by atoms with Gasteiger partial charge < -0.3 is 23.0 Å². The van der Waals surface area contributed by atoms with Crippen molar-refractivity contribution in [2.75, 3.05) is 9.80 Å². The lowest BCUT2D eigenvalue weighted by atomic mass is 9.98. The summed E-state index contributed by atoms with van der Waals surface area (Å²) < 4.78 is 123. The highest BCUT2D eigenvalue weighted by Gasteiger charge is 2.27. The van der Waals surface area contributed by atoms with Crippen LogP contribution in [0.5, 0.6) is 0 Å². The Bertz CT molecular complexity index is 5330. The highest BCUT2D eigenvalue weighted by Crippen LogP contribution is 2.50. The molecule has 0 amide bonds. The molecular formula is C71H43F2N3O2. The summed E-state index contributed by atoms with van der Waals surface area (Å²) >= 11 is 0. The van der Waals surface area contributed by atoms with Crippen LogP contribution in [0.25, 0.3) is 115 Å². The van der Waals surface area contributed by atoms with E-state index in [9.17, 15) is 8.78 Å². The molecule has 4 aromatic heterocycles. The van der Waals surface area contributed by atoms with Gasteiger partial charge in [-0.15, -0.1) is 0 Å². The minimum absolute atomic E-state index is 0.0275. The SMILES string of the molecule is [2H]c1c([2H])c([2H])c(-c2cccc3c2oc2c(N(c4ccc(F)cc4)c4ccc5cc6c7ccc(N(c8ccc(F)cc8)c8cccc9c8oc8c(-c%10c([2H])c([2H])c([2H])c([2H])c%10C)cccc89)cc7n7c8ccccc8c(c5c4)c67)cccc23)c([2H])c1[2H]. The van der Waals surface area contributed by atoms with Crippen LogP contribution in [0.3, 0.4) is 0 Å². The van der Waals surface area contributed by atoms with E-state index in [2.05, 4.69) is 52.9 Å². The van der Waals surface area contributed by atoms with Gasteiger partial charge in [-0.3, -0.25) is 0 Å². The number of hydrogen-bond donors (Lipinski definition) is 0. The minimum atomic E-state index is -0.487. The zero-order chi connectivity index (χ0) is 59.6. The molecule has 4 heterocycles. The third kappa shape index (κ3) is 6.51. The van der Waals surface area contributed by atoms with Gasteiger partial charge in [-0.25, -0.2) is 8.78 Å². The number of nitrogens with zero attached hydrogens (tertiary/aromatic N) is 3. The summed E-state index contributed by atoms with van der Waals surface area (Å²) in [6.07, 6.45) is 0. The molecular weight excluding hydrogens is 965 g/mol. The van der Waals surface area contributed by atoms with E-state index in [0.29, 0.717) is 72.7 Å². The van der Waals surface area contributed by atoms with Gasteiger partial charge in [-0.1, -0.05) is 145 Å². The van der Waals surface area contributed by atoms with Crippen molar-refractivity contribution in [3.05, 3.63) is 260 Å². The number of fused-ring (bicyclic) bond motifs is 14. The Morgan fingerprint density at radius 2 is 0.936 bits per heavy atom. The fourth-order valence-corrected chi connectivity index (χ4v) is 12.0. The van der Waals surface area contributed by atoms with Gasteiger partial charge in [0.05, 0.1) is 40.3 Å². The van der Waals surface area contributed by atoms with E-state index < -0.39 is 29.8 Å². The molecule has 0 fully saturated rings. The van der Waals surface area contributed by atoms with Gasteiger partial charge in [0.1, 0.15) is 22.8 Å². The standard InChI is InChI=1S/C71H43F2N3O2/c1-42-13-5-6-16-51(42)54-19-10-21-56-58-23-12-26-64(71(58)78-69(54)56)75(48-35-30-46(73)31-36-48)50-37-38-53-61-39-44-27-32-49(40-60(44)66-59-17-7-8-24-62(59)76(67(61)66)65(53)41-50)74(47-33-28-45(72)29-34-47)63-25-11-22-57-55-20-9-18-52(68(55)77-70(57)63)43-14-3-2-4-15-43/h2-41H,1H3/i2D,3D,4D,5D,6D,13D,14D,15D,16D. The van der Waals surface area contributed by atoms with Crippen molar-refractivity contribution >= 4 is 127 Å². The molecule has 0 saturated carbocycles. The number of benzene rings is 12. The normalized spacial score (nSPS) is 13.7. The zero-order valence-corrected chi connectivity index (χ0v) is 41.3. The van der Waals surface area contributed by atoms with E-state index >= 15 is 0 Å². The van der Waals surface area contributed by atoms with E-state index in [0.717, 1.165) is 76.4 Å². The first kappa shape index (κ1) is 35.9. The largest absolute Gasteiger partial charge is 0.453 e. The van der Waals surface area contributed by atoms with Crippen molar-refractivity contribution in [1.29, 1.82) is 0 Å². The number of para-hydroxylation sites is 5. The smallest absolute Gasteiger partial charge is 0.159 e. The first-order valence-electron chi connectivity index (χ1n) is 30.0. The van der Waals surface area contributed by atoms with Gasteiger partial charge in [0, 0.05) is 77.0 Å². The Morgan fingerprint density at radius 3 is 1.62 bits per heavy atom. The number of aromatic nitrogens is 1. The van der Waals surface area contributed by atoms with Crippen molar-refractivity contribution in [3.63, 3.8) is 0 Å². The summed E-state index contributed by atoms with van der Waals surface area (Å²) in [4.78, 5) is 4.06. The predicted octanol–water partition coefficient (Wildman–Crippen LogP) is 20.6. The van der Waals surface area contributed by atoms with Crippen molar-refractivity contribution < 1.29 is 30.0 Å². The molecule has 0 aliphatic heterocycles. The van der Waals surface area contributed by atoms with E-state index in [-0.39, 0.29) is 41.8 Å². The van der Waals surface area contributed by atoms with Crippen LogP contribution in [0, 0.1) is 18.6 Å². The Kier molecular flexibility index (Phi) is 7.76. The van der Waals surface area contributed by atoms with Crippen LogP contribution in [0.15, 0.2) is 251 Å². The lowest BCUT2D eigenvalue weighted by molar-refractivity contribution is 0.627. The quantitative estimate of drug-likeness (QED) is 0.152. The fraction of sp³-hybridized carbons (Fsp3) is 0.0141. The van der Waals surface area contributed by atoms with Gasteiger partial charge in [0.15, 0.2) is 11.2 Å². The zero-order valence-electron chi connectivity index (χ0n) is 50.3. The van der Waals surface area contributed by atoms with Crippen molar-refractivity contribution in [3.8, 4) is 22.3 Å². The third-order valence-electron chi connectivity index (χ3n) is 15.3. The number of furan rings is 2. The molecule has 78 heavy (non-hydrogen) atoms. The third-order valence-corrected chi connectivity index (χ3v) is 15.3. The Labute approximate surface area is 458 Å². The summed E-state index contributed by atoms with van der Waals surface area (Å²) in [6, 6.07) is 55.3. The van der Waals surface area contributed by atoms with Crippen LogP contribution in [0.4, 0.5) is 42.9 Å². The van der Waals surface area contributed by atoms with Gasteiger partial charge in [0.2, 0.25) is 0 Å². The van der Waals surface area contributed by atoms with Gasteiger partial charge in [-0.2, -0.15) is 0 Å². The number of hydrogen-bond acceptors (Lipinski definition) is 4. The van der Waals surface area contributed by atoms with Crippen LogP contribution in [0.2, 0.25) is 0 Å². The van der Waals surface area contributed by atoms with Gasteiger partial charge in [0.25, 0.3) is 0 Å². The first-order chi connectivity index (χ1) is 42.2. The summed E-state index contributed by atoms with van der Waals surface area (Å²) in [5, 5.41) is 8.90. The lowest BCUT2D eigenvalue weighted by Crippen LogP contribution is -2.10. The number of rotatable bonds is 8. The summed E-state index contributed by atoms with van der Waals surface area (Å²) in [5.74, 6) is -0.807. The topological polar surface area (TPSA) is 37.2 Å². The molecule has 0 atom stereocenters. The van der Waals surface area contributed by atoms with Crippen LogP contribution in [-0.4, -0.2) is 4.40 Å². The van der Waals surface area contributed by atoms with Gasteiger partial charge >= 0.3 is 0 Å². The first-order valence-corrected chi connectivity index (χ1v) is 25.5. The summed E-state index contributed by atoms with van der Waals surface area (Å²) in [5.41, 5.74) is 10.4. The average Bonchev–Trinajstić information content (AvgIpc) is 1.55. The second-order valence-electron chi connectivity index (χ2n) is 19.6. The highest BCUT2D eigenvalue weighted by molar-refractivity contribution is 6.32. The molecule has 16 rings (SSSR count). The molecule has 0 aliphatic rings. The molecule has 5 nitrogen and oxygen atoms in total. The molecule has 12 aromatic carbocycles. The Balaban J connectivity index is 0.898. The monoisotopic (exact) mass is 1020 g/mol. The van der Waals surface area contributed by atoms with E-state index in [1.165, 1.54) is 24.3 Å². The molecule has 0 unspecified atom stereocenters. The molecule has 0 radical (unpaired) electrons. The van der Waals surface area contributed by atoms with E-state index in [1.807, 2.05) is 88.7 Å². The van der Waals surface area contributed by atoms with Crippen molar-refractivity contribution in [1.82, 2.24) is 4.40 Å². The maximum absolute atomic E-state index is 14.9. The molecule has 0 saturated heterocycles. The van der Waals surface area contributed by atoms with Crippen LogP contribution in [0.1, 0.15) is 17.9 Å². The summed E-state index contributed by atoms with van der Waals surface area (Å²) in [6.45, 7) is 1.69. The van der Waals surface area contributed by atoms with Crippen molar-refractivity contribution in [2.24, 2.45) is 0 Å². The van der Waals surface area contributed by atoms with Crippen LogP contribution in [-0.2, 0) is 0 Å². The predicted molar refractivity (Wildman–Crippen MR) is 318 cm³/mol. The fourth-order valence-electron chi connectivity index (χ4n) is 12.0. The molecule has 0 spiro atoms. The molecule has 16 aromatic rings. The van der Waals surface area contributed by atoms with Crippen molar-refractivity contribution in [2.45, 2.75) is 6.92 Å². The molecule has 7 heteroatoms. The number of anilines is 6. The van der Waals surface area contributed by atoms with E-state index in [1.54, 1.807) is 43.3 Å². The van der Waals surface area contributed by atoms with E-state index in [4.69, 9.17) is 21.2 Å². The Hall–Kier alpha value is -10.2. The molecule has 0 N–H and O–H groups in total. The van der Waals surface area contributed by atoms with Crippen LogP contribution >= 0.6 is 0 Å². The second kappa shape index (κ2) is 16.9. The van der Waals surface area contributed by atoms with Crippen LogP contribution < -0.4 is 9.80 Å². The average molecular weight is 1020 g/mol. The minimum Gasteiger partial charge on any atom is -0.453 e. The maximum Gasteiger partial charge on any atom is 0.159 e. The number of halogens is 2. The Morgan fingerprint density at radius 1 is 0.397 bits per heavy atom. The lowest BCUT2D eigenvalue weighted by Gasteiger charge is -2.26. The summed E-state index contributed by atoms with van der Waals surface area (Å²) in [7, 11) is 0. The molecule has 368 valence electrons. The van der Waals surface area contributed by atoms with Gasteiger partial charge in [-0.05, 0) is 131 Å². The second-order valence-corrected chi connectivity index (χ2v) is 19.6. The highest BCUT2D eigenvalue weighted by atomic mass is 19.1.